The average molecular weight is 301 g/mol. The molecule has 0 unspecified atom stereocenters. The van der Waals surface area contributed by atoms with Crippen molar-refractivity contribution in [1.82, 2.24) is 4.31 Å². The maximum atomic E-state index is 12.0. The van der Waals surface area contributed by atoms with E-state index in [2.05, 4.69) is 0 Å². The number of benzene rings is 1. The zero-order valence-corrected chi connectivity index (χ0v) is 12.1. The molecule has 8 heteroatoms. The second-order valence-electron chi connectivity index (χ2n) is 4.13. The van der Waals surface area contributed by atoms with Crippen LogP contribution in [0.25, 0.3) is 0 Å². The van der Waals surface area contributed by atoms with E-state index in [0.717, 1.165) is 4.31 Å². The molecule has 0 saturated heterocycles. The predicted octanol–water partition coefficient (Wildman–Crippen LogP) is -0.215. The Bertz CT molecular complexity index is 542. The van der Waals surface area contributed by atoms with Crippen molar-refractivity contribution < 1.29 is 17.9 Å². The number of nitrogen functional groups attached to an aromatic ring is 1. The summed E-state index contributed by atoms with van der Waals surface area (Å²) < 4.78 is 30.3. The molecular formula is C12H19N3O4S. The molecule has 0 aliphatic rings. The van der Waals surface area contributed by atoms with Crippen molar-refractivity contribution in [1.29, 1.82) is 0 Å². The lowest BCUT2D eigenvalue weighted by Gasteiger charge is -2.18. The van der Waals surface area contributed by atoms with Crippen LogP contribution in [0.3, 0.4) is 0 Å². The number of sulfonamides is 1. The Labute approximate surface area is 118 Å². The Morgan fingerprint density at radius 2 is 1.90 bits per heavy atom. The Morgan fingerprint density at radius 1 is 1.30 bits per heavy atom. The molecule has 0 atom stereocenters. The normalized spacial score (nSPS) is 11.5. The van der Waals surface area contributed by atoms with Gasteiger partial charge in [-0.25, -0.2) is 8.42 Å². The maximum absolute atomic E-state index is 12.0. The highest BCUT2D eigenvalue weighted by Gasteiger charge is 2.21. The van der Waals surface area contributed by atoms with Gasteiger partial charge in [-0.3, -0.25) is 4.79 Å². The van der Waals surface area contributed by atoms with Crippen LogP contribution in [0.4, 0.5) is 5.69 Å². The molecule has 1 amide bonds. The van der Waals surface area contributed by atoms with E-state index in [1.165, 1.54) is 0 Å². The summed E-state index contributed by atoms with van der Waals surface area (Å²) in [5, 5.41) is 0. The summed E-state index contributed by atoms with van der Waals surface area (Å²) >= 11 is 0. The van der Waals surface area contributed by atoms with E-state index in [1.54, 1.807) is 31.2 Å². The number of amides is 1. The van der Waals surface area contributed by atoms with Gasteiger partial charge in [0, 0.05) is 12.2 Å². The molecule has 0 aromatic heterocycles. The molecule has 0 aliphatic heterocycles. The third-order valence-corrected chi connectivity index (χ3v) is 4.43. The minimum atomic E-state index is -3.56. The zero-order valence-electron chi connectivity index (χ0n) is 11.3. The van der Waals surface area contributed by atoms with Crippen LogP contribution in [-0.4, -0.2) is 44.1 Å². The average Bonchev–Trinajstić information content (AvgIpc) is 2.37. The van der Waals surface area contributed by atoms with Gasteiger partial charge in [0.15, 0.2) is 0 Å². The molecule has 1 rings (SSSR count). The van der Waals surface area contributed by atoms with Gasteiger partial charge in [-0.1, -0.05) is 6.92 Å². The first-order valence-corrected chi connectivity index (χ1v) is 7.70. The zero-order chi connectivity index (χ0) is 15.2. The summed E-state index contributed by atoms with van der Waals surface area (Å²) in [4.78, 5) is 10.8. The van der Waals surface area contributed by atoms with Crippen molar-refractivity contribution in [3.05, 3.63) is 24.3 Å². The topological polar surface area (TPSA) is 116 Å². The third kappa shape index (κ3) is 5.06. The minimum Gasteiger partial charge on any atom is -0.492 e. The van der Waals surface area contributed by atoms with E-state index in [9.17, 15) is 13.2 Å². The SMILES string of the molecule is CCN(CC(N)=O)S(=O)(=O)CCOc1ccc(N)cc1. The molecule has 0 bridgehead atoms. The van der Waals surface area contributed by atoms with E-state index in [-0.39, 0.29) is 25.4 Å². The van der Waals surface area contributed by atoms with Crippen LogP contribution >= 0.6 is 0 Å². The van der Waals surface area contributed by atoms with Crippen molar-refractivity contribution in [3.8, 4) is 5.75 Å². The molecule has 1 aromatic carbocycles. The molecular weight excluding hydrogens is 282 g/mol. The number of primary amides is 1. The molecule has 1 aromatic rings. The van der Waals surface area contributed by atoms with E-state index in [1.807, 2.05) is 0 Å². The number of likely N-dealkylation sites (N-methyl/N-ethyl adjacent to an activating group) is 1. The quantitative estimate of drug-likeness (QED) is 0.644. The number of rotatable bonds is 8. The second kappa shape index (κ2) is 7.11. The van der Waals surface area contributed by atoms with Crippen LogP contribution < -0.4 is 16.2 Å². The molecule has 0 saturated carbocycles. The van der Waals surface area contributed by atoms with Crippen molar-refractivity contribution in [2.45, 2.75) is 6.92 Å². The monoisotopic (exact) mass is 301 g/mol. The molecule has 20 heavy (non-hydrogen) atoms. The van der Waals surface area contributed by atoms with Crippen molar-refractivity contribution in [2.75, 3.05) is 31.2 Å². The number of carbonyl (C=O) groups excluding carboxylic acids is 1. The molecule has 0 spiro atoms. The van der Waals surface area contributed by atoms with Gasteiger partial charge < -0.3 is 16.2 Å². The molecule has 0 heterocycles. The van der Waals surface area contributed by atoms with Gasteiger partial charge in [0.2, 0.25) is 15.9 Å². The van der Waals surface area contributed by atoms with E-state index < -0.39 is 15.9 Å². The first-order chi connectivity index (χ1) is 9.35. The van der Waals surface area contributed by atoms with Crippen LogP contribution in [0.2, 0.25) is 0 Å². The highest BCUT2D eigenvalue weighted by molar-refractivity contribution is 7.89. The highest BCUT2D eigenvalue weighted by Crippen LogP contribution is 2.13. The Hall–Kier alpha value is -1.80. The summed E-state index contributed by atoms with van der Waals surface area (Å²) in [5.41, 5.74) is 11.1. The number of anilines is 1. The van der Waals surface area contributed by atoms with Crippen LogP contribution in [0, 0.1) is 0 Å². The van der Waals surface area contributed by atoms with Gasteiger partial charge in [0.05, 0.1) is 12.3 Å². The number of ether oxygens (including phenoxy) is 1. The minimum absolute atomic E-state index is 0.0124. The first-order valence-electron chi connectivity index (χ1n) is 6.09. The lowest BCUT2D eigenvalue weighted by Crippen LogP contribution is -2.40. The second-order valence-corrected chi connectivity index (χ2v) is 6.21. The summed E-state index contributed by atoms with van der Waals surface area (Å²) in [6.45, 7) is 1.50. The maximum Gasteiger partial charge on any atom is 0.232 e. The van der Waals surface area contributed by atoms with E-state index in [4.69, 9.17) is 16.2 Å². The molecule has 0 aliphatic carbocycles. The Kier molecular flexibility index (Phi) is 5.78. The van der Waals surface area contributed by atoms with Gasteiger partial charge in [-0.2, -0.15) is 4.31 Å². The molecule has 7 nitrogen and oxygen atoms in total. The van der Waals surface area contributed by atoms with Crippen LogP contribution in [0.15, 0.2) is 24.3 Å². The van der Waals surface area contributed by atoms with Gasteiger partial charge in [0.25, 0.3) is 0 Å². The van der Waals surface area contributed by atoms with Gasteiger partial charge in [0.1, 0.15) is 12.4 Å². The Morgan fingerprint density at radius 3 is 2.40 bits per heavy atom. The lowest BCUT2D eigenvalue weighted by atomic mass is 10.3. The fourth-order valence-corrected chi connectivity index (χ4v) is 2.81. The summed E-state index contributed by atoms with van der Waals surface area (Å²) in [6.07, 6.45) is 0. The fraction of sp³-hybridized carbons (Fsp3) is 0.417. The summed E-state index contributed by atoms with van der Waals surface area (Å²) in [7, 11) is -3.56. The molecule has 0 fully saturated rings. The number of hydrogen-bond donors (Lipinski definition) is 2. The van der Waals surface area contributed by atoms with Crippen molar-refractivity contribution in [3.63, 3.8) is 0 Å². The van der Waals surface area contributed by atoms with Crippen LogP contribution in [0.5, 0.6) is 5.75 Å². The Balaban J connectivity index is 2.54. The van der Waals surface area contributed by atoms with Crippen LogP contribution in [0.1, 0.15) is 6.92 Å². The van der Waals surface area contributed by atoms with Gasteiger partial charge in [-0.05, 0) is 24.3 Å². The standard InChI is InChI=1S/C12H19N3O4S/c1-2-15(9-12(14)16)20(17,18)8-7-19-11-5-3-10(13)4-6-11/h3-6H,2,7-9,13H2,1H3,(H2,14,16). The predicted molar refractivity (Wildman–Crippen MR) is 76.6 cm³/mol. The van der Waals surface area contributed by atoms with E-state index in [0.29, 0.717) is 11.4 Å². The van der Waals surface area contributed by atoms with Gasteiger partial charge in [-0.15, -0.1) is 0 Å². The summed E-state index contributed by atoms with van der Waals surface area (Å²) in [5.74, 6) is -0.374. The van der Waals surface area contributed by atoms with E-state index >= 15 is 0 Å². The largest absolute Gasteiger partial charge is 0.492 e. The fourth-order valence-electron chi connectivity index (χ4n) is 1.54. The lowest BCUT2D eigenvalue weighted by molar-refractivity contribution is -0.118. The van der Waals surface area contributed by atoms with Crippen LogP contribution in [-0.2, 0) is 14.8 Å². The molecule has 0 radical (unpaired) electrons. The number of carbonyl (C=O) groups is 1. The highest BCUT2D eigenvalue weighted by atomic mass is 32.2. The molecule has 112 valence electrons. The van der Waals surface area contributed by atoms with Crippen molar-refractivity contribution >= 4 is 21.6 Å². The van der Waals surface area contributed by atoms with Crippen molar-refractivity contribution in [2.24, 2.45) is 5.73 Å². The summed E-state index contributed by atoms with van der Waals surface area (Å²) in [6, 6.07) is 6.64. The first kappa shape index (κ1) is 16.3. The number of hydrogen-bond acceptors (Lipinski definition) is 5. The number of nitrogens with zero attached hydrogens (tertiary/aromatic N) is 1. The number of nitrogens with two attached hydrogens (primary N) is 2. The van der Waals surface area contributed by atoms with Gasteiger partial charge >= 0.3 is 0 Å². The smallest absolute Gasteiger partial charge is 0.232 e. The molecule has 4 N–H and O–H groups in total. The third-order valence-electron chi connectivity index (χ3n) is 2.57.